The van der Waals surface area contributed by atoms with Gasteiger partial charge < -0.3 is 4.42 Å². The average molecular weight is 291 g/mol. The molecule has 0 spiro atoms. The molecule has 0 aliphatic rings. The molecule has 0 unspecified atom stereocenters. The molecule has 3 aromatic rings. The second-order valence-corrected chi connectivity index (χ2v) is 4.21. The van der Waals surface area contributed by atoms with E-state index in [1.807, 2.05) is 0 Å². The first-order chi connectivity index (χ1) is 10.0. The van der Waals surface area contributed by atoms with Crippen LogP contribution in [0.2, 0.25) is 0 Å². The Bertz CT molecular complexity index is 753. The zero-order valence-electron chi connectivity index (χ0n) is 10.5. The number of aromatic nitrogens is 3. The van der Waals surface area contributed by atoms with Crippen molar-refractivity contribution in [3.63, 3.8) is 0 Å². The summed E-state index contributed by atoms with van der Waals surface area (Å²) in [4.78, 5) is 4.04. The van der Waals surface area contributed by atoms with E-state index < -0.39 is 11.7 Å². The largest absolute Gasteiger partial charge is 0.416 e. The van der Waals surface area contributed by atoms with Crippen molar-refractivity contribution < 1.29 is 17.6 Å². The quantitative estimate of drug-likeness (QED) is 0.720. The standard InChI is InChI=1S/C14H8F3N3O/c15-14(16,17)10-5-3-4-9(8-10)12-19-20-13(21-12)11-6-1-2-7-18-11/h1-8H. The van der Waals surface area contributed by atoms with Crippen molar-refractivity contribution in [2.45, 2.75) is 6.18 Å². The number of hydrogen-bond acceptors (Lipinski definition) is 4. The molecule has 106 valence electrons. The van der Waals surface area contributed by atoms with Crippen LogP contribution in [0.15, 0.2) is 53.1 Å². The van der Waals surface area contributed by atoms with E-state index in [4.69, 9.17) is 4.42 Å². The highest BCUT2D eigenvalue weighted by Crippen LogP contribution is 2.32. The van der Waals surface area contributed by atoms with Crippen molar-refractivity contribution >= 4 is 0 Å². The number of alkyl halides is 3. The van der Waals surface area contributed by atoms with Gasteiger partial charge in [0.15, 0.2) is 0 Å². The Morgan fingerprint density at radius 1 is 0.905 bits per heavy atom. The summed E-state index contributed by atoms with van der Waals surface area (Å²) in [7, 11) is 0. The van der Waals surface area contributed by atoms with Crippen LogP contribution in [-0.2, 0) is 6.18 Å². The van der Waals surface area contributed by atoms with Gasteiger partial charge in [0.1, 0.15) is 5.69 Å². The Morgan fingerprint density at radius 2 is 1.71 bits per heavy atom. The number of rotatable bonds is 2. The third kappa shape index (κ3) is 2.76. The molecule has 0 aliphatic heterocycles. The van der Waals surface area contributed by atoms with E-state index in [1.165, 1.54) is 12.1 Å². The summed E-state index contributed by atoms with van der Waals surface area (Å²) in [5, 5.41) is 7.56. The first-order valence-corrected chi connectivity index (χ1v) is 5.96. The molecular formula is C14H8F3N3O. The average Bonchev–Trinajstić information content (AvgIpc) is 2.97. The van der Waals surface area contributed by atoms with Crippen LogP contribution in [0.5, 0.6) is 0 Å². The van der Waals surface area contributed by atoms with E-state index in [-0.39, 0.29) is 17.3 Å². The second-order valence-electron chi connectivity index (χ2n) is 4.21. The summed E-state index contributed by atoms with van der Waals surface area (Å²) >= 11 is 0. The third-order valence-corrected chi connectivity index (χ3v) is 2.75. The van der Waals surface area contributed by atoms with Gasteiger partial charge in [-0.15, -0.1) is 10.2 Å². The Kier molecular flexibility index (Phi) is 3.17. The molecule has 0 N–H and O–H groups in total. The van der Waals surface area contributed by atoms with Crippen LogP contribution in [0.3, 0.4) is 0 Å². The van der Waals surface area contributed by atoms with Crippen LogP contribution < -0.4 is 0 Å². The molecule has 3 rings (SSSR count). The van der Waals surface area contributed by atoms with Crippen molar-refractivity contribution in [1.29, 1.82) is 0 Å². The third-order valence-electron chi connectivity index (χ3n) is 2.75. The molecule has 7 heteroatoms. The number of halogens is 3. The molecule has 0 amide bonds. The zero-order valence-corrected chi connectivity index (χ0v) is 10.5. The van der Waals surface area contributed by atoms with Crippen molar-refractivity contribution in [2.24, 2.45) is 0 Å². The van der Waals surface area contributed by atoms with Crippen LogP contribution >= 0.6 is 0 Å². The summed E-state index contributed by atoms with van der Waals surface area (Å²) in [6.07, 6.45) is -2.86. The summed E-state index contributed by atoms with van der Waals surface area (Å²) < 4.78 is 43.4. The van der Waals surface area contributed by atoms with Gasteiger partial charge >= 0.3 is 6.18 Å². The molecule has 0 saturated carbocycles. The van der Waals surface area contributed by atoms with Crippen LogP contribution in [0.1, 0.15) is 5.56 Å². The van der Waals surface area contributed by atoms with Gasteiger partial charge in [-0.3, -0.25) is 4.98 Å². The predicted molar refractivity (Wildman–Crippen MR) is 68.0 cm³/mol. The minimum absolute atomic E-state index is 0.0155. The minimum Gasteiger partial charge on any atom is -0.415 e. The fourth-order valence-electron chi connectivity index (χ4n) is 1.76. The van der Waals surface area contributed by atoms with E-state index >= 15 is 0 Å². The fraction of sp³-hybridized carbons (Fsp3) is 0.0714. The van der Waals surface area contributed by atoms with Gasteiger partial charge in [0, 0.05) is 11.8 Å². The normalized spacial score (nSPS) is 11.6. The monoisotopic (exact) mass is 291 g/mol. The lowest BCUT2D eigenvalue weighted by Crippen LogP contribution is -2.04. The molecule has 1 aromatic carbocycles. The van der Waals surface area contributed by atoms with Crippen molar-refractivity contribution in [3.05, 3.63) is 54.2 Å². The number of hydrogen-bond donors (Lipinski definition) is 0. The lowest BCUT2D eigenvalue weighted by molar-refractivity contribution is -0.137. The SMILES string of the molecule is FC(F)(F)c1cccc(-c2nnc(-c3ccccn3)o2)c1. The summed E-state index contributed by atoms with van der Waals surface area (Å²) in [6, 6.07) is 9.87. The maximum atomic E-state index is 12.7. The molecule has 0 atom stereocenters. The molecule has 0 radical (unpaired) electrons. The molecule has 0 fully saturated rings. The van der Waals surface area contributed by atoms with Gasteiger partial charge in [-0.1, -0.05) is 12.1 Å². The molecule has 0 saturated heterocycles. The summed E-state index contributed by atoms with van der Waals surface area (Å²) in [5.41, 5.74) is -0.0969. The van der Waals surface area contributed by atoms with E-state index in [0.29, 0.717) is 5.69 Å². The molecule has 2 heterocycles. The minimum atomic E-state index is -4.42. The van der Waals surface area contributed by atoms with Gasteiger partial charge in [0.25, 0.3) is 5.89 Å². The van der Waals surface area contributed by atoms with Gasteiger partial charge in [0.05, 0.1) is 5.56 Å². The van der Waals surface area contributed by atoms with Crippen LogP contribution in [-0.4, -0.2) is 15.2 Å². The lowest BCUT2D eigenvalue weighted by Gasteiger charge is -2.06. The maximum Gasteiger partial charge on any atom is 0.416 e. The van der Waals surface area contributed by atoms with Crippen LogP contribution in [0.25, 0.3) is 23.0 Å². The summed E-state index contributed by atoms with van der Waals surface area (Å²) in [6.45, 7) is 0. The number of benzene rings is 1. The van der Waals surface area contributed by atoms with Gasteiger partial charge in [0.2, 0.25) is 5.89 Å². The predicted octanol–water partition coefficient (Wildman–Crippen LogP) is 3.82. The maximum absolute atomic E-state index is 12.7. The zero-order chi connectivity index (χ0) is 14.9. The van der Waals surface area contributed by atoms with Gasteiger partial charge in [-0.2, -0.15) is 13.2 Å². The van der Waals surface area contributed by atoms with Crippen LogP contribution in [0, 0.1) is 0 Å². The smallest absolute Gasteiger partial charge is 0.415 e. The highest BCUT2D eigenvalue weighted by molar-refractivity contribution is 5.56. The highest BCUT2D eigenvalue weighted by Gasteiger charge is 2.30. The number of pyridine rings is 1. The molecule has 0 aliphatic carbocycles. The van der Waals surface area contributed by atoms with Gasteiger partial charge in [-0.25, -0.2) is 0 Å². The van der Waals surface area contributed by atoms with E-state index in [9.17, 15) is 13.2 Å². The van der Waals surface area contributed by atoms with E-state index in [2.05, 4.69) is 15.2 Å². The van der Waals surface area contributed by atoms with Crippen LogP contribution in [0.4, 0.5) is 13.2 Å². The van der Waals surface area contributed by atoms with Crippen molar-refractivity contribution in [3.8, 4) is 23.0 Å². The van der Waals surface area contributed by atoms with Crippen molar-refractivity contribution in [2.75, 3.05) is 0 Å². The van der Waals surface area contributed by atoms with Crippen molar-refractivity contribution in [1.82, 2.24) is 15.2 Å². The lowest BCUT2D eigenvalue weighted by atomic mass is 10.1. The molecular weight excluding hydrogens is 283 g/mol. The number of nitrogens with zero attached hydrogens (tertiary/aromatic N) is 3. The molecule has 0 bridgehead atoms. The Balaban J connectivity index is 1.97. The molecule has 2 aromatic heterocycles. The van der Waals surface area contributed by atoms with E-state index in [0.717, 1.165) is 12.1 Å². The molecule has 4 nitrogen and oxygen atoms in total. The Morgan fingerprint density at radius 3 is 2.43 bits per heavy atom. The first kappa shape index (κ1) is 13.3. The summed E-state index contributed by atoms with van der Waals surface area (Å²) in [5.74, 6) is 0.171. The highest BCUT2D eigenvalue weighted by atomic mass is 19.4. The first-order valence-electron chi connectivity index (χ1n) is 5.96. The van der Waals surface area contributed by atoms with Gasteiger partial charge in [-0.05, 0) is 30.3 Å². The van der Waals surface area contributed by atoms with E-state index in [1.54, 1.807) is 24.4 Å². The molecule has 21 heavy (non-hydrogen) atoms. The topological polar surface area (TPSA) is 51.8 Å². The Hall–Kier alpha value is -2.70. The second kappa shape index (κ2) is 5.01. The fourth-order valence-corrected chi connectivity index (χ4v) is 1.76. The Labute approximate surface area is 117 Å².